The topological polar surface area (TPSA) is 29.3 Å². The van der Waals surface area contributed by atoms with E-state index in [-0.39, 0.29) is 5.41 Å². The van der Waals surface area contributed by atoms with Crippen LogP contribution < -0.4 is 0 Å². The molecule has 2 rings (SSSR count). The maximum Gasteiger partial charge on any atom is 0.138 e. The molecule has 2 aromatic rings. The molecule has 0 saturated heterocycles. The van der Waals surface area contributed by atoms with Gasteiger partial charge in [0.1, 0.15) is 5.76 Å². The maximum absolute atomic E-state index is 5.22. The summed E-state index contributed by atoms with van der Waals surface area (Å²) in [4.78, 5) is 2.29. The van der Waals surface area contributed by atoms with E-state index in [2.05, 4.69) is 62.1 Å². The van der Waals surface area contributed by atoms with Gasteiger partial charge in [-0.1, -0.05) is 50.2 Å². The van der Waals surface area contributed by atoms with E-state index in [0.29, 0.717) is 0 Å². The molecule has 1 heterocycles. The Morgan fingerprint density at radius 2 is 1.67 bits per heavy atom. The molecule has 0 radical (unpaired) electrons. The summed E-state index contributed by atoms with van der Waals surface area (Å²) >= 11 is 0. The van der Waals surface area contributed by atoms with Crippen molar-refractivity contribution in [1.82, 2.24) is 10.1 Å². The number of hydrogen-bond donors (Lipinski definition) is 0. The van der Waals surface area contributed by atoms with Crippen molar-refractivity contribution < 1.29 is 4.52 Å². The Morgan fingerprint density at radius 3 is 2.14 bits per heavy atom. The van der Waals surface area contributed by atoms with Crippen LogP contribution in [0.3, 0.4) is 0 Å². The molecule has 3 nitrogen and oxygen atoms in total. The zero-order valence-corrected chi connectivity index (χ0v) is 14.0. The Morgan fingerprint density at radius 1 is 1.05 bits per heavy atom. The maximum atomic E-state index is 5.22. The molecule has 3 heteroatoms. The number of rotatable bonds is 4. The van der Waals surface area contributed by atoms with E-state index in [1.54, 1.807) is 0 Å². The van der Waals surface area contributed by atoms with E-state index in [4.69, 9.17) is 4.52 Å². The lowest BCUT2D eigenvalue weighted by Gasteiger charge is -2.20. The van der Waals surface area contributed by atoms with E-state index in [9.17, 15) is 0 Å². The number of hydrogen-bond acceptors (Lipinski definition) is 3. The van der Waals surface area contributed by atoms with Crippen LogP contribution >= 0.6 is 0 Å². The molecule has 114 valence electrons. The van der Waals surface area contributed by atoms with E-state index in [0.717, 1.165) is 24.5 Å². The molecule has 0 fully saturated rings. The highest BCUT2D eigenvalue weighted by molar-refractivity contribution is 5.27. The van der Waals surface area contributed by atoms with Gasteiger partial charge in [0.25, 0.3) is 0 Å². The molecule has 0 unspecified atom stereocenters. The second-order valence-corrected chi connectivity index (χ2v) is 6.92. The van der Waals surface area contributed by atoms with Crippen molar-refractivity contribution in [2.45, 2.75) is 53.1 Å². The molecular weight excluding hydrogens is 260 g/mol. The predicted molar refractivity (Wildman–Crippen MR) is 86.3 cm³/mol. The summed E-state index contributed by atoms with van der Waals surface area (Å²) in [6.07, 6.45) is 0. The normalized spacial score (nSPS) is 12.1. The summed E-state index contributed by atoms with van der Waals surface area (Å²) in [6.45, 7) is 12.5. The van der Waals surface area contributed by atoms with Crippen LogP contribution in [-0.4, -0.2) is 17.1 Å². The van der Waals surface area contributed by atoms with Crippen molar-refractivity contribution >= 4 is 0 Å². The fourth-order valence-electron chi connectivity index (χ4n) is 2.48. The first-order valence-corrected chi connectivity index (χ1v) is 7.47. The first-order chi connectivity index (χ1) is 9.77. The fourth-order valence-corrected chi connectivity index (χ4v) is 2.48. The number of benzene rings is 1. The zero-order valence-electron chi connectivity index (χ0n) is 14.0. The summed E-state index contributed by atoms with van der Waals surface area (Å²) in [5.74, 6) is 0.919. The summed E-state index contributed by atoms with van der Waals surface area (Å²) in [7, 11) is 2.13. The second kappa shape index (κ2) is 6.02. The minimum absolute atomic E-state index is 0.209. The van der Waals surface area contributed by atoms with Crippen molar-refractivity contribution in [3.63, 3.8) is 0 Å². The summed E-state index contributed by atoms with van der Waals surface area (Å²) < 4.78 is 5.22. The van der Waals surface area contributed by atoms with Crippen molar-refractivity contribution in [3.05, 3.63) is 52.4 Å². The van der Waals surface area contributed by atoms with Crippen molar-refractivity contribution in [2.75, 3.05) is 7.05 Å². The van der Waals surface area contributed by atoms with Crippen LogP contribution in [0.1, 0.15) is 48.9 Å². The van der Waals surface area contributed by atoms with Crippen LogP contribution in [0.2, 0.25) is 0 Å². The average Bonchev–Trinajstić information content (AvgIpc) is 2.70. The van der Waals surface area contributed by atoms with Crippen LogP contribution in [0, 0.1) is 13.8 Å². The molecule has 1 aromatic carbocycles. The minimum atomic E-state index is 0.209. The lowest BCUT2D eigenvalue weighted by molar-refractivity contribution is 0.315. The summed E-state index contributed by atoms with van der Waals surface area (Å²) in [5, 5.41) is 4.01. The van der Waals surface area contributed by atoms with Gasteiger partial charge in [-0.25, -0.2) is 0 Å². The van der Waals surface area contributed by atoms with Gasteiger partial charge < -0.3 is 4.52 Å². The minimum Gasteiger partial charge on any atom is -0.361 e. The molecular formula is C18H26N2O. The number of aryl methyl sites for hydroxylation is 2. The van der Waals surface area contributed by atoms with Gasteiger partial charge in [0.2, 0.25) is 0 Å². The average molecular weight is 286 g/mol. The molecule has 0 aliphatic rings. The van der Waals surface area contributed by atoms with Crippen LogP contribution in [-0.2, 0) is 18.5 Å². The molecule has 0 bridgehead atoms. The van der Waals surface area contributed by atoms with Crippen LogP contribution in [0.5, 0.6) is 0 Å². The first-order valence-electron chi connectivity index (χ1n) is 7.47. The molecule has 1 aromatic heterocycles. The fraction of sp³-hybridized carbons (Fsp3) is 0.500. The highest BCUT2D eigenvalue weighted by atomic mass is 16.5. The number of aromatic nitrogens is 1. The van der Waals surface area contributed by atoms with Gasteiger partial charge in [-0.05, 0) is 37.4 Å². The highest BCUT2D eigenvalue weighted by Crippen LogP contribution is 2.23. The number of nitrogens with zero attached hydrogens (tertiary/aromatic N) is 2. The van der Waals surface area contributed by atoms with Crippen molar-refractivity contribution in [2.24, 2.45) is 0 Å². The van der Waals surface area contributed by atoms with Crippen LogP contribution in [0.15, 0.2) is 28.8 Å². The third-order valence-corrected chi connectivity index (χ3v) is 3.88. The Bertz CT molecular complexity index is 571. The van der Waals surface area contributed by atoms with Gasteiger partial charge in [0.15, 0.2) is 0 Å². The molecule has 0 atom stereocenters. The van der Waals surface area contributed by atoms with Gasteiger partial charge in [-0.3, -0.25) is 4.90 Å². The van der Waals surface area contributed by atoms with E-state index in [1.165, 1.54) is 16.7 Å². The molecule has 0 amide bonds. The van der Waals surface area contributed by atoms with Gasteiger partial charge in [0.05, 0.1) is 5.69 Å². The zero-order chi connectivity index (χ0) is 15.6. The van der Waals surface area contributed by atoms with Crippen molar-refractivity contribution in [1.29, 1.82) is 0 Å². The standard InChI is InChI=1S/C18H26N2O/c1-13-17(14(2)21-19-13)12-20(6)11-15-7-9-16(10-8-15)18(3,4)5/h7-10H,11-12H2,1-6H3. The third kappa shape index (κ3) is 3.94. The van der Waals surface area contributed by atoms with Gasteiger partial charge in [-0.15, -0.1) is 0 Å². The Balaban J connectivity index is 2.01. The first kappa shape index (κ1) is 15.8. The summed E-state index contributed by atoms with van der Waals surface area (Å²) in [6, 6.07) is 8.92. The van der Waals surface area contributed by atoms with Crippen LogP contribution in [0.4, 0.5) is 0 Å². The van der Waals surface area contributed by atoms with Gasteiger partial charge in [0, 0.05) is 18.7 Å². The third-order valence-electron chi connectivity index (χ3n) is 3.88. The molecule has 0 spiro atoms. The van der Waals surface area contributed by atoms with E-state index in [1.807, 2.05) is 13.8 Å². The van der Waals surface area contributed by atoms with Gasteiger partial charge in [-0.2, -0.15) is 0 Å². The lowest BCUT2D eigenvalue weighted by atomic mass is 9.87. The van der Waals surface area contributed by atoms with Crippen LogP contribution in [0.25, 0.3) is 0 Å². The monoisotopic (exact) mass is 286 g/mol. The van der Waals surface area contributed by atoms with Gasteiger partial charge >= 0.3 is 0 Å². The Kier molecular flexibility index (Phi) is 4.52. The SMILES string of the molecule is Cc1noc(C)c1CN(C)Cc1ccc(C(C)(C)C)cc1. The summed E-state index contributed by atoms with van der Waals surface area (Å²) in [5.41, 5.74) is 5.10. The quantitative estimate of drug-likeness (QED) is 0.842. The van der Waals surface area contributed by atoms with E-state index < -0.39 is 0 Å². The largest absolute Gasteiger partial charge is 0.361 e. The lowest BCUT2D eigenvalue weighted by Crippen LogP contribution is -2.18. The molecule has 0 aliphatic heterocycles. The van der Waals surface area contributed by atoms with Crippen molar-refractivity contribution in [3.8, 4) is 0 Å². The molecule has 0 N–H and O–H groups in total. The molecule has 21 heavy (non-hydrogen) atoms. The Hall–Kier alpha value is -1.61. The second-order valence-electron chi connectivity index (χ2n) is 6.92. The highest BCUT2D eigenvalue weighted by Gasteiger charge is 2.14. The molecule has 0 saturated carbocycles. The predicted octanol–water partition coefficient (Wildman–Crippen LogP) is 4.22. The van der Waals surface area contributed by atoms with E-state index >= 15 is 0 Å². The smallest absolute Gasteiger partial charge is 0.138 e. The Labute approximate surface area is 127 Å². The molecule has 0 aliphatic carbocycles.